The first-order valence-corrected chi connectivity index (χ1v) is 11.9. The number of fused-ring (bicyclic) bond motifs is 1. The minimum absolute atomic E-state index is 0.123. The van der Waals surface area contributed by atoms with E-state index in [1.165, 1.54) is 5.56 Å². The normalized spacial score (nSPS) is 19.0. The van der Waals surface area contributed by atoms with E-state index in [-0.39, 0.29) is 5.91 Å². The Kier molecular flexibility index (Phi) is 7.58. The zero-order valence-electron chi connectivity index (χ0n) is 19.2. The first-order valence-electron chi connectivity index (χ1n) is 11.9. The van der Waals surface area contributed by atoms with E-state index in [0.29, 0.717) is 25.7 Å². The summed E-state index contributed by atoms with van der Waals surface area (Å²) >= 11 is 0. The topological polar surface area (TPSA) is 69.6 Å². The Morgan fingerprint density at radius 3 is 2.36 bits per heavy atom. The summed E-state index contributed by atoms with van der Waals surface area (Å²) < 4.78 is 0. The summed E-state index contributed by atoms with van der Waals surface area (Å²) in [4.78, 5) is 13.4. The van der Waals surface area contributed by atoms with Crippen LogP contribution in [0, 0.1) is 5.92 Å². The highest BCUT2D eigenvalue weighted by Crippen LogP contribution is 2.32. The van der Waals surface area contributed by atoms with Crippen LogP contribution in [0.4, 0.5) is 0 Å². The van der Waals surface area contributed by atoms with E-state index in [1.54, 1.807) is 0 Å². The Hall–Kier alpha value is -2.95. The van der Waals surface area contributed by atoms with Crippen LogP contribution >= 0.6 is 0 Å². The fourth-order valence-electron chi connectivity index (χ4n) is 4.97. The van der Waals surface area contributed by atoms with Crippen molar-refractivity contribution in [3.05, 3.63) is 107 Å². The average Bonchev–Trinajstić information content (AvgIpc) is 3.14. The van der Waals surface area contributed by atoms with Crippen molar-refractivity contribution < 1.29 is 15.0 Å². The SMILES string of the molecule is CCc1ccccc1CC(O)CC(Cc1ccccc1)C(=O)N[C@H]1c2ccccc2C[C@H]1O. The monoisotopic (exact) mass is 443 g/mol. The molecule has 0 spiro atoms. The fourth-order valence-corrected chi connectivity index (χ4v) is 4.97. The van der Waals surface area contributed by atoms with E-state index < -0.39 is 24.2 Å². The van der Waals surface area contributed by atoms with Crippen LogP contribution in [0.2, 0.25) is 0 Å². The molecule has 4 rings (SSSR count). The molecule has 4 atom stereocenters. The molecular formula is C29H33NO3. The number of aliphatic hydroxyl groups excluding tert-OH is 2. The van der Waals surface area contributed by atoms with Gasteiger partial charge in [0, 0.05) is 12.3 Å². The van der Waals surface area contributed by atoms with Crippen LogP contribution in [-0.2, 0) is 30.5 Å². The van der Waals surface area contributed by atoms with Gasteiger partial charge in [0.1, 0.15) is 0 Å². The Morgan fingerprint density at radius 2 is 1.61 bits per heavy atom. The minimum atomic E-state index is -0.634. The lowest BCUT2D eigenvalue weighted by atomic mass is 9.89. The highest BCUT2D eigenvalue weighted by Gasteiger charge is 2.34. The number of benzene rings is 3. The average molecular weight is 444 g/mol. The summed E-state index contributed by atoms with van der Waals surface area (Å²) in [5, 5.41) is 24.7. The standard InChI is InChI=1S/C29H33NO3/c1-2-21-12-6-7-13-22(21)17-25(31)18-24(16-20-10-4-3-5-11-20)29(33)30-28-26-15-9-8-14-23(26)19-27(28)32/h3-15,24-25,27-28,31-32H,2,16-19H2,1H3,(H,30,33)/t24?,25?,27-,28+/m1/s1. The van der Waals surface area contributed by atoms with Gasteiger partial charge in [-0.3, -0.25) is 4.79 Å². The summed E-state index contributed by atoms with van der Waals surface area (Å²) in [7, 11) is 0. The third kappa shape index (κ3) is 5.70. The molecule has 4 nitrogen and oxygen atoms in total. The van der Waals surface area contributed by atoms with Crippen LogP contribution in [-0.4, -0.2) is 28.3 Å². The molecule has 0 bridgehead atoms. The summed E-state index contributed by atoms with van der Waals surface area (Å²) in [6, 6.07) is 25.5. The maximum atomic E-state index is 13.4. The van der Waals surface area contributed by atoms with Crippen LogP contribution in [0.3, 0.4) is 0 Å². The lowest BCUT2D eigenvalue weighted by molar-refractivity contribution is -0.127. The van der Waals surface area contributed by atoms with Gasteiger partial charge in [-0.05, 0) is 53.5 Å². The quantitative estimate of drug-likeness (QED) is 0.465. The van der Waals surface area contributed by atoms with Gasteiger partial charge in [0.15, 0.2) is 0 Å². The van der Waals surface area contributed by atoms with E-state index in [2.05, 4.69) is 24.4 Å². The number of carbonyl (C=O) groups excluding carboxylic acids is 1. The maximum Gasteiger partial charge on any atom is 0.224 e. The Balaban J connectivity index is 1.50. The van der Waals surface area contributed by atoms with Crippen LogP contribution in [0.25, 0.3) is 0 Å². The van der Waals surface area contributed by atoms with Gasteiger partial charge >= 0.3 is 0 Å². The second kappa shape index (κ2) is 10.8. The van der Waals surface area contributed by atoms with Gasteiger partial charge in [0.05, 0.1) is 18.2 Å². The Bertz CT molecular complexity index is 1070. The third-order valence-corrected chi connectivity index (χ3v) is 6.71. The van der Waals surface area contributed by atoms with Crippen molar-refractivity contribution in [3.8, 4) is 0 Å². The number of rotatable bonds is 9. The van der Waals surface area contributed by atoms with Crippen LogP contribution in [0.1, 0.15) is 47.2 Å². The van der Waals surface area contributed by atoms with E-state index in [9.17, 15) is 15.0 Å². The predicted molar refractivity (Wildman–Crippen MR) is 131 cm³/mol. The van der Waals surface area contributed by atoms with E-state index >= 15 is 0 Å². The maximum absolute atomic E-state index is 13.4. The van der Waals surface area contributed by atoms with Crippen molar-refractivity contribution in [2.24, 2.45) is 5.92 Å². The van der Waals surface area contributed by atoms with Crippen molar-refractivity contribution in [1.82, 2.24) is 5.32 Å². The molecule has 0 fully saturated rings. The molecule has 172 valence electrons. The number of carbonyl (C=O) groups is 1. The van der Waals surface area contributed by atoms with E-state index in [4.69, 9.17) is 0 Å². The van der Waals surface area contributed by atoms with E-state index in [0.717, 1.165) is 28.7 Å². The summed E-state index contributed by atoms with van der Waals surface area (Å²) in [6.45, 7) is 2.11. The molecular weight excluding hydrogens is 410 g/mol. The second-order valence-corrected chi connectivity index (χ2v) is 9.06. The molecule has 0 radical (unpaired) electrons. The van der Waals surface area contributed by atoms with E-state index in [1.807, 2.05) is 66.7 Å². The molecule has 4 heteroatoms. The molecule has 0 saturated carbocycles. The molecule has 3 aromatic rings. The summed E-state index contributed by atoms with van der Waals surface area (Å²) in [5.41, 5.74) is 5.48. The van der Waals surface area contributed by atoms with Gasteiger partial charge in [0.25, 0.3) is 0 Å². The summed E-state index contributed by atoms with van der Waals surface area (Å²) in [6.07, 6.45) is 1.63. The Labute approximate surface area is 196 Å². The van der Waals surface area contributed by atoms with Crippen LogP contribution < -0.4 is 5.32 Å². The number of nitrogens with one attached hydrogen (secondary N) is 1. The van der Waals surface area contributed by atoms with Gasteiger partial charge in [-0.1, -0.05) is 85.8 Å². The van der Waals surface area contributed by atoms with Crippen molar-refractivity contribution in [2.45, 2.75) is 57.3 Å². The molecule has 0 aromatic heterocycles. The second-order valence-electron chi connectivity index (χ2n) is 9.06. The molecule has 1 aliphatic rings. The molecule has 33 heavy (non-hydrogen) atoms. The Morgan fingerprint density at radius 1 is 0.939 bits per heavy atom. The summed E-state index contributed by atoms with van der Waals surface area (Å²) in [5.74, 6) is -0.515. The van der Waals surface area contributed by atoms with Crippen molar-refractivity contribution in [3.63, 3.8) is 0 Å². The molecule has 0 heterocycles. The predicted octanol–water partition coefficient (Wildman–Crippen LogP) is 4.18. The van der Waals surface area contributed by atoms with Crippen LogP contribution in [0.5, 0.6) is 0 Å². The van der Waals surface area contributed by atoms with Crippen LogP contribution in [0.15, 0.2) is 78.9 Å². The number of amides is 1. The van der Waals surface area contributed by atoms with Crippen molar-refractivity contribution in [2.75, 3.05) is 0 Å². The zero-order chi connectivity index (χ0) is 23.2. The lowest BCUT2D eigenvalue weighted by Crippen LogP contribution is -2.39. The molecule has 1 amide bonds. The number of aryl methyl sites for hydroxylation is 1. The highest BCUT2D eigenvalue weighted by atomic mass is 16.3. The first-order chi connectivity index (χ1) is 16.0. The lowest BCUT2D eigenvalue weighted by Gasteiger charge is -2.25. The van der Waals surface area contributed by atoms with Crippen molar-refractivity contribution in [1.29, 1.82) is 0 Å². The largest absolute Gasteiger partial charge is 0.393 e. The molecule has 3 aromatic carbocycles. The zero-order valence-corrected chi connectivity index (χ0v) is 19.2. The van der Waals surface area contributed by atoms with Gasteiger partial charge in [-0.25, -0.2) is 0 Å². The number of hydrogen-bond acceptors (Lipinski definition) is 3. The van der Waals surface area contributed by atoms with Gasteiger partial charge < -0.3 is 15.5 Å². The smallest absolute Gasteiger partial charge is 0.224 e. The molecule has 3 N–H and O–H groups in total. The van der Waals surface area contributed by atoms with Gasteiger partial charge in [0.2, 0.25) is 5.91 Å². The van der Waals surface area contributed by atoms with Crippen molar-refractivity contribution >= 4 is 5.91 Å². The molecule has 0 aliphatic heterocycles. The fraction of sp³-hybridized carbons (Fsp3) is 0.345. The third-order valence-electron chi connectivity index (χ3n) is 6.71. The highest BCUT2D eigenvalue weighted by molar-refractivity contribution is 5.79. The minimum Gasteiger partial charge on any atom is -0.393 e. The molecule has 1 aliphatic carbocycles. The molecule has 2 unspecified atom stereocenters. The number of hydrogen-bond donors (Lipinski definition) is 3. The number of aliphatic hydroxyl groups is 2. The molecule has 0 saturated heterocycles. The van der Waals surface area contributed by atoms with Gasteiger partial charge in [-0.15, -0.1) is 0 Å². The van der Waals surface area contributed by atoms with Gasteiger partial charge in [-0.2, -0.15) is 0 Å². The first kappa shape index (κ1) is 23.2.